The molecule has 2 rings (SSSR count). The Bertz CT molecular complexity index is 560. The lowest BCUT2D eigenvalue weighted by Crippen LogP contribution is -2.09. The van der Waals surface area contributed by atoms with Crippen LogP contribution in [0.25, 0.3) is 0 Å². The summed E-state index contributed by atoms with van der Waals surface area (Å²) in [5, 5.41) is 9.06. The Balaban J connectivity index is 2.24. The highest BCUT2D eigenvalue weighted by molar-refractivity contribution is 5.37. The smallest absolute Gasteiger partial charge is 0.232 e. The van der Waals surface area contributed by atoms with E-state index in [-0.39, 0.29) is 6.10 Å². The lowest BCUT2D eigenvalue weighted by atomic mass is 10.1. The van der Waals surface area contributed by atoms with E-state index in [2.05, 4.69) is 18.0 Å². The molecular formula is C16H16N2O. The van der Waals surface area contributed by atoms with Crippen LogP contribution in [0.1, 0.15) is 37.0 Å². The molecule has 0 spiro atoms. The van der Waals surface area contributed by atoms with E-state index in [1.807, 2.05) is 30.3 Å². The largest absolute Gasteiger partial charge is 0.469 e. The molecule has 0 saturated carbocycles. The Morgan fingerprint density at radius 3 is 2.68 bits per heavy atom. The van der Waals surface area contributed by atoms with Crippen LogP contribution in [-0.2, 0) is 0 Å². The van der Waals surface area contributed by atoms with Crippen molar-refractivity contribution in [2.75, 3.05) is 0 Å². The van der Waals surface area contributed by atoms with Gasteiger partial charge in [-0.3, -0.25) is 0 Å². The van der Waals surface area contributed by atoms with Crippen LogP contribution >= 0.6 is 0 Å². The van der Waals surface area contributed by atoms with E-state index < -0.39 is 0 Å². The third-order valence-electron chi connectivity index (χ3n) is 2.87. The van der Waals surface area contributed by atoms with Gasteiger partial charge in [0.2, 0.25) is 5.88 Å². The molecule has 0 saturated heterocycles. The van der Waals surface area contributed by atoms with Crippen molar-refractivity contribution >= 4 is 0 Å². The number of aromatic nitrogens is 1. The average molecular weight is 252 g/mol. The van der Waals surface area contributed by atoms with Crippen molar-refractivity contribution in [2.24, 2.45) is 0 Å². The Labute approximate surface area is 113 Å². The van der Waals surface area contributed by atoms with E-state index in [4.69, 9.17) is 10.00 Å². The second-order valence-electron chi connectivity index (χ2n) is 4.27. The van der Waals surface area contributed by atoms with Crippen molar-refractivity contribution in [2.45, 2.75) is 25.9 Å². The highest BCUT2D eigenvalue weighted by Crippen LogP contribution is 2.26. The Kier molecular flexibility index (Phi) is 4.52. The van der Waals surface area contributed by atoms with Crippen LogP contribution in [-0.4, -0.2) is 4.98 Å². The van der Waals surface area contributed by atoms with Crippen molar-refractivity contribution in [3.63, 3.8) is 0 Å². The number of pyridine rings is 1. The molecule has 0 fully saturated rings. The van der Waals surface area contributed by atoms with Crippen molar-refractivity contribution in [1.82, 2.24) is 4.98 Å². The molecule has 1 aromatic carbocycles. The van der Waals surface area contributed by atoms with Gasteiger partial charge >= 0.3 is 0 Å². The van der Waals surface area contributed by atoms with E-state index in [1.54, 1.807) is 18.3 Å². The number of benzene rings is 1. The molecule has 0 bridgehead atoms. The van der Waals surface area contributed by atoms with Crippen LogP contribution in [0.15, 0.2) is 48.7 Å². The molecule has 0 radical (unpaired) electrons. The second-order valence-corrected chi connectivity index (χ2v) is 4.27. The summed E-state index contributed by atoms with van der Waals surface area (Å²) in [6.45, 7) is 2.11. The highest BCUT2D eigenvalue weighted by Gasteiger charge is 2.15. The van der Waals surface area contributed by atoms with Crippen LogP contribution < -0.4 is 4.74 Å². The topological polar surface area (TPSA) is 45.9 Å². The minimum absolute atomic E-state index is 0.0619. The molecule has 19 heavy (non-hydrogen) atoms. The van der Waals surface area contributed by atoms with Crippen molar-refractivity contribution in [3.8, 4) is 11.9 Å². The maximum Gasteiger partial charge on any atom is 0.232 e. The van der Waals surface area contributed by atoms with Gasteiger partial charge in [-0.1, -0.05) is 43.7 Å². The van der Waals surface area contributed by atoms with Gasteiger partial charge < -0.3 is 4.74 Å². The van der Waals surface area contributed by atoms with Crippen molar-refractivity contribution in [3.05, 3.63) is 59.8 Å². The van der Waals surface area contributed by atoms with Gasteiger partial charge in [0.05, 0.1) is 0 Å². The molecule has 3 nitrogen and oxygen atoms in total. The van der Waals surface area contributed by atoms with E-state index in [0.29, 0.717) is 11.4 Å². The van der Waals surface area contributed by atoms with Crippen LogP contribution in [0.2, 0.25) is 0 Å². The second kappa shape index (κ2) is 6.55. The van der Waals surface area contributed by atoms with Crippen molar-refractivity contribution < 1.29 is 4.74 Å². The summed E-state index contributed by atoms with van der Waals surface area (Å²) >= 11 is 0. The fraction of sp³-hybridized carbons (Fsp3) is 0.250. The van der Waals surface area contributed by atoms with E-state index in [0.717, 1.165) is 18.4 Å². The zero-order chi connectivity index (χ0) is 13.5. The molecule has 0 amide bonds. The van der Waals surface area contributed by atoms with Gasteiger partial charge in [-0.05, 0) is 24.1 Å². The molecule has 0 aliphatic heterocycles. The molecule has 0 unspecified atom stereocenters. The number of hydrogen-bond donors (Lipinski definition) is 0. The first-order chi connectivity index (χ1) is 9.35. The molecule has 1 aromatic heterocycles. The van der Waals surface area contributed by atoms with Crippen molar-refractivity contribution in [1.29, 1.82) is 5.26 Å². The maximum atomic E-state index is 9.06. The Morgan fingerprint density at radius 2 is 2.00 bits per heavy atom. The fourth-order valence-electron chi connectivity index (χ4n) is 1.93. The summed E-state index contributed by atoms with van der Waals surface area (Å²) in [6, 6.07) is 15.6. The van der Waals surface area contributed by atoms with Gasteiger partial charge in [0, 0.05) is 6.20 Å². The Hall–Kier alpha value is -2.34. The average Bonchev–Trinajstić information content (AvgIpc) is 2.48. The number of rotatable bonds is 5. The minimum atomic E-state index is -0.0619. The zero-order valence-corrected chi connectivity index (χ0v) is 10.9. The minimum Gasteiger partial charge on any atom is -0.469 e. The summed E-state index contributed by atoms with van der Waals surface area (Å²) in [6.07, 6.45) is 3.48. The summed E-state index contributed by atoms with van der Waals surface area (Å²) in [4.78, 5) is 4.15. The predicted molar refractivity (Wildman–Crippen MR) is 73.7 cm³/mol. The van der Waals surface area contributed by atoms with Gasteiger partial charge in [-0.2, -0.15) is 5.26 Å². The normalized spacial score (nSPS) is 11.6. The van der Waals surface area contributed by atoms with Gasteiger partial charge in [0.25, 0.3) is 0 Å². The first-order valence-electron chi connectivity index (χ1n) is 6.42. The lowest BCUT2D eigenvalue weighted by molar-refractivity contribution is 0.185. The zero-order valence-electron chi connectivity index (χ0n) is 10.9. The molecule has 0 N–H and O–H groups in total. The van der Waals surface area contributed by atoms with Gasteiger partial charge in [-0.25, -0.2) is 4.98 Å². The van der Waals surface area contributed by atoms with E-state index >= 15 is 0 Å². The predicted octanol–water partition coefficient (Wildman–Crippen LogP) is 3.87. The monoisotopic (exact) mass is 252 g/mol. The standard InChI is InChI=1S/C16H16N2O/c1-2-7-15(13-8-4-3-5-9-13)19-16-14(12-17)10-6-11-18-16/h3-6,8-11,15H,2,7H2,1H3/t15-/m1/s1. The first kappa shape index (κ1) is 13.1. The van der Waals surface area contributed by atoms with Gasteiger partial charge in [0.1, 0.15) is 17.7 Å². The molecule has 2 aromatic rings. The van der Waals surface area contributed by atoms with Crippen LogP contribution in [0.3, 0.4) is 0 Å². The van der Waals surface area contributed by atoms with Gasteiger partial charge in [0.15, 0.2) is 0 Å². The number of nitrogens with zero attached hydrogens (tertiary/aromatic N) is 2. The summed E-state index contributed by atoms with van der Waals surface area (Å²) < 4.78 is 5.93. The highest BCUT2D eigenvalue weighted by atomic mass is 16.5. The third kappa shape index (κ3) is 3.32. The number of ether oxygens (including phenoxy) is 1. The molecule has 0 aliphatic carbocycles. The Morgan fingerprint density at radius 1 is 1.21 bits per heavy atom. The summed E-state index contributed by atoms with van der Waals surface area (Å²) in [7, 11) is 0. The van der Waals surface area contributed by atoms with Crippen LogP contribution in [0.5, 0.6) is 5.88 Å². The molecule has 96 valence electrons. The third-order valence-corrected chi connectivity index (χ3v) is 2.87. The molecule has 0 aliphatic rings. The summed E-state index contributed by atoms with van der Waals surface area (Å²) in [5.74, 6) is 0.410. The van der Waals surface area contributed by atoms with E-state index in [9.17, 15) is 0 Å². The quantitative estimate of drug-likeness (QED) is 0.811. The summed E-state index contributed by atoms with van der Waals surface area (Å²) in [5.41, 5.74) is 1.58. The maximum absolute atomic E-state index is 9.06. The van der Waals surface area contributed by atoms with Crippen LogP contribution in [0, 0.1) is 11.3 Å². The molecule has 1 atom stereocenters. The SMILES string of the molecule is CCC[C@@H](Oc1ncccc1C#N)c1ccccc1. The fourth-order valence-corrected chi connectivity index (χ4v) is 1.93. The molecular weight excluding hydrogens is 236 g/mol. The van der Waals surface area contributed by atoms with Crippen LogP contribution in [0.4, 0.5) is 0 Å². The lowest BCUT2D eigenvalue weighted by Gasteiger charge is -2.18. The number of nitriles is 1. The molecule has 1 heterocycles. The molecule has 3 heteroatoms. The number of hydrogen-bond acceptors (Lipinski definition) is 3. The van der Waals surface area contributed by atoms with E-state index in [1.165, 1.54) is 0 Å². The first-order valence-corrected chi connectivity index (χ1v) is 6.42. The van der Waals surface area contributed by atoms with Gasteiger partial charge in [-0.15, -0.1) is 0 Å².